The maximum Gasteiger partial charge on any atom is 0.321 e. The molecule has 3 N–H and O–H groups in total. The highest BCUT2D eigenvalue weighted by Gasteiger charge is 2.15. The van der Waals surface area contributed by atoms with Crippen LogP contribution in [0.2, 0.25) is 5.02 Å². The Bertz CT molecular complexity index is 697. The van der Waals surface area contributed by atoms with Crippen LogP contribution in [-0.4, -0.2) is 32.1 Å². The summed E-state index contributed by atoms with van der Waals surface area (Å²) >= 11 is 5.88. The van der Waals surface area contributed by atoms with Crippen LogP contribution in [0.15, 0.2) is 40.8 Å². The Morgan fingerprint density at radius 1 is 1.17 bits per heavy atom. The van der Waals surface area contributed by atoms with E-state index in [0.717, 1.165) is 22.0 Å². The fourth-order valence-corrected chi connectivity index (χ4v) is 2.38. The lowest BCUT2D eigenvalue weighted by atomic mass is 10.2. The predicted octanol–water partition coefficient (Wildman–Crippen LogP) is 1.46. The number of quaternary nitrogens is 1. The van der Waals surface area contributed by atoms with Gasteiger partial charge in [-0.2, -0.15) is 0 Å². The molecule has 0 spiro atoms. The smallest absolute Gasteiger partial charge is 0.321 e. The summed E-state index contributed by atoms with van der Waals surface area (Å²) in [4.78, 5) is 24.0. The largest absolute Gasteiger partial charge is 0.455 e. The molecule has 24 heavy (non-hydrogen) atoms. The van der Waals surface area contributed by atoms with E-state index >= 15 is 0 Å². The average molecular weight is 351 g/mol. The quantitative estimate of drug-likeness (QED) is 0.738. The molecule has 6 nitrogen and oxygen atoms in total. The first-order chi connectivity index (χ1) is 11.5. The molecule has 1 aromatic carbocycles. The van der Waals surface area contributed by atoms with Crippen LogP contribution in [0.3, 0.4) is 0 Å². The van der Waals surface area contributed by atoms with E-state index in [0.29, 0.717) is 18.1 Å². The van der Waals surface area contributed by atoms with E-state index in [1.54, 1.807) is 6.92 Å². The van der Waals surface area contributed by atoms with E-state index < -0.39 is 6.03 Å². The molecule has 0 saturated heterocycles. The van der Waals surface area contributed by atoms with Crippen molar-refractivity contribution in [3.63, 3.8) is 0 Å². The number of urea groups is 1. The molecule has 0 aliphatic heterocycles. The van der Waals surface area contributed by atoms with E-state index in [4.69, 9.17) is 16.0 Å². The zero-order valence-corrected chi connectivity index (χ0v) is 14.4. The van der Waals surface area contributed by atoms with Crippen molar-refractivity contribution in [2.24, 2.45) is 0 Å². The number of carbonyl (C=O) groups excluding carboxylic acids is 2. The molecule has 1 atom stereocenters. The van der Waals surface area contributed by atoms with Gasteiger partial charge in [0.25, 0.3) is 5.91 Å². The van der Waals surface area contributed by atoms with Crippen LogP contribution in [0.25, 0.3) is 11.3 Å². The van der Waals surface area contributed by atoms with Crippen molar-refractivity contribution in [1.82, 2.24) is 10.6 Å². The lowest BCUT2D eigenvalue weighted by Crippen LogP contribution is -3.09. The Labute approximate surface area is 145 Å². The summed E-state index contributed by atoms with van der Waals surface area (Å²) in [5.41, 5.74) is 0.942. The van der Waals surface area contributed by atoms with Crippen molar-refractivity contribution in [3.05, 3.63) is 47.2 Å². The van der Waals surface area contributed by atoms with Crippen LogP contribution in [0.1, 0.15) is 12.7 Å². The summed E-state index contributed by atoms with van der Waals surface area (Å²) in [6.07, 6.45) is 0. The van der Waals surface area contributed by atoms with Gasteiger partial charge in [-0.25, -0.2) is 4.79 Å². The number of halogens is 1. The summed E-state index contributed by atoms with van der Waals surface area (Å²) in [5.74, 6) is 1.19. The monoisotopic (exact) mass is 350 g/mol. The molecule has 7 heteroatoms. The van der Waals surface area contributed by atoms with Crippen molar-refractivity contribution < 1.29 is 18.9 Å². The third-order valence-corrected chi connectivity index (χ3v) is 3.57. The molecule has 1 aromatic heterocycles. The maximum atomic E-state index is 11.8. The number of likely N-dealkylation sites (N-methyl/N-ethyl adjacent to an activating group) is 1. The summed E-state index contributed by atoms with van der Waals surface area (Å²) in [7, 11) is 1.86. The number of furan rings is 1. The highest BCUT2D eigenvalue weighted by molar-refractivity contribution is 6.30. The van der Waals surface area contributed by atoms with Crippen molar-refractivity contribution >= 4 is 23.5 Å². The first-order valence-corrected chi connectivity index (χ1v) is 8.09. The SMILES string of the molecule is CCNC(=O)NC(=O)C[NH+](C)Cc1ccc(-c2ccc(Cl)cc2)o1. The van der Waals surface area contributed by atoms with Crippen molar-refractivity contribution in [1.29, 1.82) is 0 Å². The van der Waals surface area contributed by atoms with Gasteiger partial charge < -0.3 is 14.6 Å². The number of hydrogen-bond acceptors (Lipinski definition) is 3. The minimum absolute atomic E-state index is 0.175. The number of carbonyl (C=O) groups is 2. The highest BCUT2D eigenvalue weighted by atomic mass is 35.5. The summed E-state index contributed by atoms with van der Waals surface area (Å²) < 4.78 is 5.81. The predicted molar refractivity (Wildman–Crippen MR) is 91.8 cm³/mol. The molecule has 128 valence electrons. The molecule has 0 bridgehead atoms. The summed E-state index contributed by atoms with van der Waals surface area (Å²) in [6.45, 7) is 2.98. The zero-order valence-electron chi connectivity index (χ0n) is 13.7. The van der Waals surface area contributed by atoms with Crippen LogP contribution >= 0.6 is 11.6 Å². The maximum absolute atomic E-state index is 11.8. The Morgan fingerprint density at radius 2 is 1.88 bits per heavy atom. The van der Waals surface area contributed by atoms with Crippen LogP contribution in [0.5, 0.6) is 0 Å². The summed E-state index contributed by atoms with van der Waals surface area (Å²) in [5, 5.41) is 5.47. The van der Waals surface area contributed by atoms with E-state index in [2.05, 4.69) is 10.6 Å². The van der Waals surface area contributed by atoms with E-state index in [1.165, 1.54) is 0 Å². The molecule has 0 radical (unpaired) electrons. The Kier molecular flexibility index (Phi) is 6.40. The zero-order chi connectivity index (χ0) is 17.5. The van der Waals surface area contributed by atoms with Crippen molar-refractivity contribution in [2.75, 3.05) is 20.1 Å². The molecule has 1 heterocycles. The van der Waals surface area contributed by atoms with E-state index in [9.17, 15) is 9.59 Å². The molecular weight excluding hydrogens is 330 g/mol. The minimum Gasteiger partial charge on any atom is -0.455 e. The molecule has 3 amide bonds. The lowest BCUT2D eigenvalue weighted by molar-refractivity contribution is -0.886. The average Bonchev–Trinajstić information content (AvgIpc) is 2.96. The number of nitrogens with one attached hydrogen (secondary N) is 3. The molecule has 0 saturated carbocycles. The van der Waals surface area contributed by atoms with Gasteiger partial charge in [0.05, 0.1) is 7.05 Å². The Balaban J connectivity index is 1.88. The van der Waals surface area contributed by atoms with Gasteiger partial charge in [-0.05, 0) is 43.3 Å². The Morgan fingerprint density at radius 3 is 2.54 bits per heavy atom. The molecular formula is C17H21ClN3O3+. The number of imide groups is 1. The third kappa shape index (κ3) is 5.40. The second kappa shape index (κ2) is 8.52. The van der Waals surface area contributed by atoms with Crippen LogP contribution < -0.4 is 15.5 Å². The van der Waals surface area contributed by atoms with Gasteiger partial charge in [0.15, 0.2) is 12.3 Å². The second-order valence-corrected chi connectivity index (χ2v) is 5.93. The molecule has 2 aromatic rings. The van der Waals surface area contributed by atoms with Crippen LogP contribution in [0.4, 0.5) is 4.79 Å². The van der Waals surface area contributed by atoms with Gasteiger partial charge in [-0.3, -0.25) is 10.1 Å². The molecule has 1 unspecified atom stereocenters. The summed E-state index contributed by atoms with van der Waals surface area (Å²) in [6, 6.07) is 10.7. The van der Waals surface area contributed by atoms with Crippen LogP contribution in [0, 0.1) is 0 Å². The van der Waals surface area contributed by atoms with Crippen molar-refractivity contribution in [2.45, 2.75) is 13.5 Å². The van der Waals surface area contributed by atoms with Gasteiger partial charge in [0.2, 0.25) is 0 Å². The number of benzene rings is 1. The molecule has 0 fully saturated rings. The van der Waals surface area contributed by atoms with E-state index in [-0.39, 0.29) is 12.5 Å². The second-order valence-electron chi connectivity index (χ2n) is 5.49. The van der Waals surface area contributed by atoms with Gasteiger partial charge in [0.1, 0.15) is 12.3 Å². The number of hydrogen-bond donors (Lipinski definition) is 3. The van der Waals surface area contributed by atoms with Crippen molar-refractivity contribution in [3.8, 4) is 11.3 Å². The standard InChI is InChI=1S/C17H20ClN3O3/c1-3-19-17(23)20-16(22)11-21(2)10-14-8-9-15(24-14)12-4-6-13(18)7-5-12/h4-9H,3,10-11H2,1-2H3,(H2,19,20,22,23)/p+1. The van der Waals surface area contributed by atoms with Crippen LogP contribution in [-0.2, 0) is 11.3 Å². The first kappa shape index (κ1) is 18.0. The lowest BCUT2D eigenvalue weighted by Gasteiger charge is -2.12. The molecule has 0 aliphatic carbocycles. The highest BCUT2D eigenvalue weighted by Crippen LogP contribution is 2.23. The number of amides is 3. The van der Waals surface area contributed by atoms with Gasteiger partial charge in [0, 0.05) is 17.1 Å². The fraction of sp³-hybridized carbons (Fsp3) is 0.294. The first-order valence-electron chi connectivity index (χ1n) is 7.71. The molecule has 0 aliphatic rings. The number of rotatable bonds is 6. The molecule has 2 rings (SSSR count). The van der Waals surface area contributed by atoms with Gasteiger partial charge >= 0.3 is 6.03 Å². The fourth-order valence-electron chi connectivity index (χ4n) is 2.25. The van der Waals surface area contributed by atoms with Gasteiger partial charge in [-0.1, -0.05) is 11.6 Å². The Hall–Kier alpha value is -2.31. The third-order valence-electron chi connectivity index (χ3n) is 3.32. The minimum atomic E-state index is -0.474. The normalized spacial score (nSPS) is 11.8. The topological polar surface area (TPSA) is 75.8 Å². The van der Waals surface area contributed by atoms with E-state index in [1.807, 2.05) is 43.4 Å². The van der Waals surface area contributed by atoms with Gasteiger partial charge in [-0.15, -0.1) is 0 Å².